The van der Waals surface area contributed by atoms with E-state index in [4.69, 9.17) is 9.47 Å². The number of hydrogen-bond donors (Lipinski definition) is 0. The van der Waals surface area contributed by atoms with Gasteiger partial charge in [0.15, 0.2) is 0 Å². The molecule has 0 saturated carbocycles. The second-order valence-corrected chi connectivity index (χ2v) is 7.44. The summed E-state index contributed by atoms with van der Waals surface area (Å²) in [5.74, 6) is 0.789. The molecule has 0 amide bonds. The summed E-state index contributed by atoms with van der Waals surface area (Å²) in [5, 5.41) is 0. The number of rotatable bonds is 5. The van der Waals surface area contributed by atoms with E-state index in [9.17, 15) is 13.2 Å². The number of nitrogens with zero attached hydrogens (tertiary/aromatic N) is 2. The summed E-state index contributed by atoms with van der Waals surface area (Å²) in [5.41, 5.74) is 0.806. The summed E-state index contributed by atoms with van der Waals surface area (Å²) in [7, 11) is 0. The molecule has 2 aromatic carbocycles. The van der Waals surface area contributed by atoms with Crippen LogP contribution < -0.4 is 4.74 Å². The van der Waals surface area contributed by atoms with Gasteiger partial charge in [0.2, 0.25) is 0 Å². The van der Waals surface area contributed by atoms with Gasteiger partial charge in [-0.15, -0.1) is 0 Å². The van der Waals surface area contributed by atoms with Crippen molar-refractivity contribution in [3.8, 4) is 11.4 Å². The zero-order valence-electron chi connectivity index (χ0n) is 16.7. The topological polar surface area (TPSA) is 36.3 Å². The van der Waals surface area contributed by atoms with Gasteiger partial charge in [0.1, 0.15) is 18.2 Å². The summed E-state index contributed by atoms with van der Waals surface area (Å²) in [4.78, 5) is 4.09. The van der Waals surface area contributed by atoms with Crippen molar-refractivity contribution < 1.29 is 22.6 Å². The lowest BCUT2D eigenvalue weighted by molar-refractivity contribution is -0.137. The Morgan fingerprint density at radius 2 is 2.00 bits per heavy atom. The van der Waals surface area contributed by atoms with Crippen molar-refractivity contribution in [2.24, 2.45) is 0 Å². The third-order valence-electron chi connectivity index (χ3n) is 5.36. The van der Waals surface area contributed by atoms with E-state index >= 15 is 0 Å². The fraction of sp³-hybridized carbons (Fsp3) is 0.348. The maximum absolute atomic E-state index is 14.0. The Labute approximate surface area is 173 Å². The highest BCUT2D eigenvalue weighted by Crippen LogP contribution is 2.42. The maximum atomic E-state index is 14.0. The van der Waals surface area contributed by atoms with Crippen molar-refractivity contribution >= 4 is 0 Å². The number of benzene rings is 2. The molecule has 3 aromatic rings. The molecule has 4 rings (SSSR count). The molecule has 30 heavy (non-hydrogen) atoms. The molecule has 4 nitrogen and oxygen atoms in total. The van der Waals surface area contributed by atoms with Crippen molar-refractivity contribution in [2.45, 2.75) is 38.5 Å². The van der Waals surface area contributed by atoms with Gasteiger partial charge in [-0.3, -0.25) is 0 Å². The van der Waals surface area contributed by atoms with E-state index in [0.29, 0.717) is 30.4 Å². The summed E-state index contributed by atoms with van der Waals surface area (Å²) >= 11 is 0. The monoisotopic (exact) mass is 416 g/mol. The van der Waals surface area contributed by atoms with Crippen molar-refractivity contribution in [2.75, 3.05) is 13.2 Å². The van der Waals surface area contributed by atoms with Gasteiger partial charge in [0, 0.05) is 36.5 Å². The zero-order valence-corrected chi connectivity index (χ0v) is 16.7. The van der Waals surface area contributed by atoms with Crippen molar-refractivity contribution in [3.63, 3.8) is 0 Å². The second-order valence-electron chi connectivity index (χ2n) is 7.44. The predicted octanol–water partition coefficient (Wildman–Crippen LogP) is 5.67. The van der Waals surface area contributed by atoms with Gasteiger partial charge in [-0.1, -0.05) is 30.3 Å². The molecule has 158 valence electrons. The third-order valence-corrected chi connectivity index (χ3v) is 5.36. The van der Waals surface area contributed by atoms with Crippen molar-refractivity contribution in [1.29, 1.82) is 0 Å². The largest absolute Gasteiger partial charge is 0.489 e. The first-order valence-electron chi connectivity index (χ1n) is 9.93. The summed E-state index contributed by atoms with van der Waals surface area (Å²) in [6.45, 7) is 2.97. The highest BCUT2D eigenvalue weighted by molar-refractivity contribution is 5.54. The summed E-state index contributed by atoms with van der Waals surface area (Å²) < 4.78 is 55.0. The van der Waals surface area contributed by atoms with Crippen LogP contribution in [0, 0.1) is 6.92 Å². The molecule has 0 radical (unpaired) electrons. The molecule has 1 saturated heterocycles. The Balaban J connectivity index is 1.81. The highest BCUT2D eigenvalue weighted by atomic mass is 19.4. The highest BCUT2D eigenvalue weighted by Gasteiger charge is 2.36. The Hall–Kier alpha value is -2.80. The van der Waals surface area contributed by atoms with E-state index < -0.39 is 11.7 Å². The first kappa shape index (κ1) is 20.5. The number of halogens is 3. The van der Waals surface area contributed by atoms with Crippen LogP contribution in [0.15, 0.2) is 54.9 Å². The molecule has 1 aromatic heterocycles. The van der Waals surface area contributed by atoms with E-state index in [0.717, 1.165) is 18.4 Å². The zero-order chi connectivity index (χ0) is 21.1. The molecule has 1 aliphatic heterocycles. The van der Waals surface area contributed by atoms with Gasteiger partial charge in [-0.25, -0.2) is 4.98 Å². The normalized spacial score (nSPS) is 17.1. The molecule has 1 unspecified atom stereocenters. The van der Waals surface area contributed by atoms with Gasteiger partial charge < -0.3 is 14.0 Å². The lowest BCUT2D eigenvalue weighted by Gasteiger charge is -2.27. The maximum Gasteiger partial charge on any atom is 0.418 e. The average molecular weight is 416 g/mol. The van der Waals surface area contributed by atoms with E-state index in [1.807, 2.05) is 30.3 Å². The number of ether oxygens (including phenoxy) is 2. The fourth-order valence-electron chi connectivity index (χ4n) is 3.81. The number of hydrogen-bond acceptors (Lipinski definition) is 3. The lowest BCUT2D eigenvalue weighted by Crippen LogP contribution is -2.19. The van der Waals surface area contributed by atoms with Crippen LogP contribution in [-0.2, 0) is 17.5 Å². The Bertz CT molecular complexity index is 993. The van der Waals surface area contributed by atoms with Crippen LogP contribution in [0.5, 0.6) is 5.75 Å². The van der Waals surface area contributed by atoms with E-state index in [1.165, 1.54) is 29.1 Å². The molecule has 0 spiro atoms. The van der Waals surface area contributed by atoms with Gasteiger partial charge in [-0.2, -0.15) is 13.2 Å². The van der Waals surface area contributed by atoms with Crippen LogP contribution in [-0.4, -0.2) is 22.8 Å². The molecule has 1 aliphatic rings. The minimum atomic E-state index is -4.51. The second kappa shape index (κ2) is 8.52. The van der Waals surface area contributed by atoms with E-state index in [-0.39, 0.29) is 18.2 Å². The molecule has 1 atom stereocenters. The number of alkyl halides is 3. The molecular formula is C23H23F3N2O2. The van der Waals surface area contributed by atoms with Crippen LogP contribution >= 0.6 is 0 Å². The Kier molecular flexibility index (Phi) is 5.81. The first-order chi connectivity index (χ1) is 14.4. The Morgan fingerprint density at radius 3 is 2.63 bits per heavy atom. The minimum Gasteiger partial charge on any atom is -0.489 e. The van der Waals surface area contributed by atoms with Gasteiger partial charge in [0.25, 0.3) is 0 Å². The molecular weight excluding hydrogens is 393 g/mol. The lowest BCUT2D eigenvalue weighted by atomic mass is 9.90. The fourth-order valence-corrected chi connectivity index (χ4v) is 3.81. The quantitative estimate of drug-likeness (QED) is 0.538. The molecule has 0 bridgehead atoms. The predicted molar refractivity (Wildman–Crippen MR) is 107 cm³/mol. The average Bonchev–Trinajstić information content (AvgIpc) is 3.18. The van der Waals surface area contributed by atoms with E-state index in [1.54, 1.807) is 6.92 Å². The number of imidazole rings is 1. The SMILES string of the molecule is Cc1nccn1-c1cc(OCc2ccccc2)c(C2CCCOC2)cc1C(F)(F)F. The minimum absolute atomic E-state index is 0.0149. The standard InChI is InChI=1S/C23H23F3N2O2/c1-16-27-9-10-28(16)21-13-22(30-14-17-6-3-2-4-7-17)19(12-20(21)23(24,25)26)18-8-5-11-29-15-18/h2-4,6-7,9-10,12-13,18H,5,8,11,14-15H2,1H3. The van der Waals surface area contributed by atoms with Crippen LogP contribution in [0.25, 0.3) is 5.69 Å². The van der Waals surface area contributed by atoms with Gasteiger partial charge >= 0.3 is 6.18 Å². The molecule has 0 aliphatic carbocycles. The van der Waals surface area contributed by atoms with Crippen molar-refractivity contribution in [3.05, 3.63) is 77.4 Å². The molecule has 2 heterocycles. The summed E-state index contributed by atoms with van der Waals surface area (Å²) in [6.07, 6.45) is 0.0936. The van der Waals surface area contributed by atoms with Crippen LogP contribution in [0.4, 0.5) is 13.2 Å². The molecule has 7 heteroatoms. The van der Waals surface area contributed by atoms with E-state index in [2.05, 4.69) is 4.98 Å². The van der Waals surface area contributed by atoms with Gasteiger partial charge in [-0.05, 0) is 31.4 Å². The number of aromatic nitrogens is 2. The van der Waals surface area contributed by atoms with Crippen molar-refractivity contribution in [1.82, 2.24) is 9.55 Å². The van der Waals surface area contributed by atoms with Crippen LogP contribution in [0.2, 0.25) is 0 Å². The first-order valence-corrected chi connectivity index (χ1v) is 9.93. The molecule has 0 N–H and O–H groups in total. The number of aryl methyl sites for hydroxylation is 1. The smallest absolute Gasteiger partial charge is 0.418 e. The Morgan fingerprint density at radius 1 is 1.20 bits per heavy atom. The van der Waals surface area contributed by atoms with Crippen LogP contribution in [0.1, 0.15) is 41.3 Å². The van der Waals surface area contributed by atoms with Gasteiger partial charge in [0.05, 0.1) is 17.9 Å². The van der Waals surface area contributed by atoms with Crippen LogP contribution in [0.3, 0.4) is 0 Å². The third kappa shape index (κ3) is 4.36. The molecule has 1 fully saturated rings. The summed E-state index contributed by atoms with van der Waals surface area (Å²) in [6, 6.07) is 12.3.